The highest BCUT2D eigenvalue weighted by molar-refractivity contribution is 7.14. The summed E-state index contributed by atoms with van der Waals surface area (Å²) in [6.07, 6.45) is -0.481. The van der Waals surface area contributed by atoms with Crippen LogP contribution in [0.15, 0.2) is 53.1 Å². The maximum absolute atomic E-state index is 13.6. The second kappa shape index (κ2) is 24.8. The largest absolute Gasteiger partial charge is 1.00 e. The minimum Gasteiger partial charge on any atom is -1.00 e. The lowest BCUT2D eigenvalue weighted by atomic mass is 10.1. The molecule has 3 aromatic rings. The molecule has 0 fully saturated rings. The second-order valence-electron chi connectivity index (χ2n) is 18.9. The van der Waals surface area contributed by atoms with Crippen molar-refractivity contribution < 1.29 is 90.9 Å². The highest BCUT2D eigenvalue weighted by Gasteiger charge is 2.31. The fourth-order valence-electron chi connectivity index (χ4n) is 5.39. The number of aliphatic carboxylic acids is 1. The van der Waals surface area contributed by atoms with Crippen molar-refractivity contribution in [3.05, 3.63) is 53.7 Å². The number of pyridine rings is 1. The molecular formula is C45H64IN7O13S. The molecule has 0 saturated carbocycles. The van der Waals surface area contributed by atoms with Crippen LogP contribution in [0.4, 0.5) is 25.3 Å². The summed E-state index contributed by atoms with van der Waals surface area (Å²) in [6, 6.07) is 9.44. The zero-order chi connectivity index (χ0) is 49.6. The Bertz CT molecular complexity index is 2210. The predicted octanol–water partition coefficient (Wildman–Crippen LogP) is 4.11. The van der Waals surface area contributed by atoms with Gasteiger partial charge in [0.2, 0.25) is 5.71 Å². The summed E-state index contributed by atoms with van der Waals surface area (Å²) >= 11 is 0.932. The number of nitrogens with one attached hydrogen (secondary N) is 4. The van der Waals surface area contributed by atoms with E-state index in [9.17, 15) is 33.9 Å². The molecule has 5 N–H and O–H groups in total. The van der Waals surface area contributed by atoms with Gasteiger partial charge in [-0.05, 0) is 126 Å². The lowest BCUT2D eigenvalue weighted by Crippen LogP contribution is -3.00. The van der Waals surface area contributed by atoms with Gasteiger partial charge in [-0.2, -0.15) is 0 Å². The van der Waals surface area contributed by atoms with Crippen molar-refractivity contribution >= 4 is 64.1 Å². The number of carbonyl (C=O) groups excluding carboxylic acids is 5. The summed E-state index contributed by atoms with van der Waals surface area (Å²) in [5, 5.41) is 25.7. The third-order valence-electron chi connectivity index (χ3n) is 8.07. The third-order valence-corrected chi connectivity index (χ3v) is 8.82. The van der Waals surface area contributed by atoms with Crippen LogP contribution in [0.1, 0.15) is 108 Å². The minimum absolute atomic E-state index is 0. The first kappa shape index (κ1) is 57.3. The molecule has 2 unspecified atom stereocenters. The Balaban J connectivity index is 0.0000154. The Morgan fingerprint density at radius 2 is 1.31 bits per heavy atom. The Hall–Kier alpha value is -5.78. The summed E-state index contributed by atoms with van der Waals surface area (Å²) in [7, 11) is 1.75. The zero-order valence-corrected chi connectivity index (χ0v) is 43.3. The van der Waals surface area contributed by atoms with Crippen molar-refractivity contribution in [3.63, 3.8) is 0 Å². The molecule has 0 aliphatic heterocycles. The van der Waals surface area contributed by atoms with E-state index >= 15 is 0 Å². The summed E-state index contributed by atoms with van der Waals surface area (Å²) in [5.74, 6) is -2.05. The highest BCUT2D eigenvalue weighted by atomic mass is 127. The number of oxime groups is 1. The molecule has 370 valence electrons. The SMILES string of the molecule is C[n+]1cc(-c2ccc(OCC(ON=C(C(=O)O)c3csc(NC(=O)OC(C)(C)C)n3)C(=O)OC(C)(C)C)cc2)ccc1NC(=O)C(CCCCNC(=O)OC(C)(C)C)NC(=O)OC(C)(C)C.[I-]. The van der Waals surface area contributed by atoms with Crippen LogP contribution < -0.4 is 54.5 Å². The number of hydrogen-bond donors (Lipinski definition) is 5. The summed E-state index contributed by atoms with van der Waals surface area (Å²) < 4.78 is 29.0. The fraction of sp³-hybridized carbons (Fsp3) is 0.533. The molecule has 3 rings (SSSR count). The van der Waals surface area contributed by atoms with Crippen molar-refractivity contribution in [3.8, 4) is 16.9 Å². The van der Waals surface area contributed by atoms with Crippen molar-refractivity contribution in [2.75, 3.05) is 23.8 Å². The molecule has 0 aliphatic rings. The van der Waals surface area contributed by atoms with Gasteiger partial charge in [-0.15, -0.1) is 11.3 Å². The number of benzene rings is 1. The van der Waals surface area contributed by atoms with E-state index in [2.05, 4.69) is 31.4 Å². The monoisotopic (exact) mass is 1070 g/mol. The molecule has 0 bridgehead atoms. The van der Waals surface area contributed by atoms with Crippen LogP contribution >= 0.6 is 11.3 Å². The lowest BCUT2D eigenvalue weighted by Gasteiger charge is -2.23. The molecular weight excluding hydrogens is 1010 g/mol. The van der Waals surface area contributed by atoms with E-state index in [4.69, 9.17) is 28.5 Å². The van der Waals surface area contributed by atoms with Crippen LogP contribution in [0.5, 0.6) is 5.75 Å². The first-order valence-electron chi connectivity index (χ1n) is 21.1. The van der Waals surface area contributed by atoms with Gasteiger partial charge < -0.3 is 68.2 Å². The van der Waals surface area contributed by atoms with E-state index < -0.39 is 83.0 Å². The van der Waals surface area contributed by atoms with Crippen molar-refractivity contribution in [1.29, 1.82) is 0 Å². The number of alkyl carbamates (subject to hydrolysis) is 2. The van der Waals surface area contributed by atoms with Gasteiger partial charge in [-0.3, -0.25) is 5.32 Å². The number of carboxylic acid groups (broad SMARTS) is 1. The Labute approximate surface area is 412 Å². The van der Waals surface area contributed by atoms with Crippen LogP contribution in [-0.4, -0.2) is 99.6 Å². The molecule has 67 heavy (non-hydrogen) atoms. The molecule has 4 amide bonds. The number of unbranched alkanes of at least 4 members (excludes halogenated alkanes) is 1. The van der Waals surface area contributed by atoms with Gasteiger partial charge in [0.25, 0.3) is 11.9 Å². The molecule has 20 nitrogen and oxygen atoms in total. The number of carboxylic acids is 1. The Morgan fingerprint density at radius 1 is 0.746 bits per heavy atom. The minimum atomic E-state index is -1.51. The maximum Gasteiger partial charge on any atom is 0.413 e. The van der Waals surface area contributed by atoms with Gasteiger partial charge in [0.1, 0.15) is 46.5 Å². The summed E-state index contributed by atoms with van der Waals surface area (Å²) in [4.78, 5) is 85.3. The number of aromatic nitrogens is 2. The number of amides is 4. The quantitative estimate of drug-likeness (QED) is 0.0229. The van der Waals surface area contributed by atoms with Crippen molar-refractivity contribution in [2.24, 2.45) is 12.2 Å². The van der Waals surface area contributed by atoms with E-state index in [1.165, 1.54) is 5.38 Å². The van der Waals surface area contributed by atoms with E-state index in [0.717, 1.165) is 22.5 Å². The summed E-state index contributed by atoms with van der Waals surface area (Å²) in [6.45, 7) is 20.4. The number of hydrogen-bond acceptors (Lipinski definition) is 15. The number of halogens is 1. The average molecular weight is 1070 g/mol. The molecule has 22 heteroatoms. The molecule has 2 heterocycles. The molecule has 0 radical (unpaired) electrons. The number of nitrogens with zero attached hydrogens (tertiary/aromatic N) is 3. The highest BCUT2D eigenvalue weighted by Crippen LogP contribution is 2.24. The number of esters is 1. The molecule has 2 aromatic heterocycles. The van der Waals surface area contributed by atoms with Crippen LogP contribution in [-0.2, 0) is 45.2 Å². The van der Waals surface area contributed by atoms with Crippen molar-refractivity contribution in [1.82, 2.24) is 15.6 Å². The number of carbonyl (C=O) groups is 6. The van der Waals surface area contributed by atoms with Gasteiger partial charge in [0.15, 0.2) is 5.13 Å². The van der Waals surface area contributed by atoms with Crippen LogP contribution in [0.25, 0.3) is 11.1 Å². The first-order chi connectivity index (χ1) is 30.5. The second-order valence-corrected chi connectivity index (χ2v) is 19.8. The number of thiazole rings is 1. The number of anilines is 2. The Kier molecular flexibility index (Phi) is 21.3. The van der Waals surface area contributed by atoms with E-state index in [-0.39, 0.29) is 41.2 Å². The van der Waals surface area contributed by atoms with E-state index in [1.54, 1.807) is 137 Å². The molecule has 0 aliphatic carbocycles. The number of aryl methyl sites for hydroxylation is 1. The van der Waals surface area contributed by atoms with Crippen LogP contribution in [0, 0.1) is 0 Å². The molecule has 0 spiro atoms. The van der Waals surface area contributed by atoms with Crippen LogP contribution in [0.2, 0.25) is 0 Å². The van der Waals surface area contributed by atoms with Gasteiger partial charge in [0, 0.05) is 23.6 Å². The smallest absolute Gasteiger partial charge is 0.413 e. The third kappa shape index (κ3) is 22.0. The van der Waals surface area contributed by atoms with E-state index in [1.807, 2.05) is 0 Å². The van der Waals surface area contributed by atoms with Gasteiger partial charge >= 0.3 is 36.1 Å². The zero-order valence-electron chi connectivity index (χ0n) is 40.3. The standard InChI is InChI=1S/C45H63N7O13S.HI/c1-42(2,3)61-37(56)32(65-51-34(36(54)55)31-26-66-38(47-31)50-41(59)64-45(10,11)12)25-60-29-20-17-27(18-21-29)28-19-22-33(52(13)24-28)49-35(53)30(48-40(58)63-44(7,8)9)16-14-15-23-46-39(57)62-43(4,5)6;/h17-22,24,26,30,32H,14-16,23,25H2,1-13H3,(H4,46,47,48,50,54,55,57,58,59);1H. The van der Waals surface area contributed by atoms with Gasteiger partial charge in [-0.1, -0.05) is 17.3 Å². The predicted molar refractivity (Wildman–Crippen MR) is 245 cm³/mol. The molecule has 1 aromatic carbocycles. The van der Waals surface area contributed by atoms with Crippen LogP contribution in [0.3, 0.4) is 0 Å². The molecule has 0 saturated heterocycles. The Morgan fingerprint density at radius 3 is 1.88 bits per heavy atom. The normalized spacial score (nSPS) is 12.8. The maximum atomic E-state index is 13.6. The van der Waals surface area contributed by atoms with E-state index in [0.29, 0.717) is 31.0 Å². The number of ether oxygens (including phenoxy) is 5. The first-order valence-corrected chi connectivity index (χ1v) is 22.0. The number of rotatable bonds is 18. The van der Waals surface area contributed by atoms with Crippen molar-refractivity contribution in [2.45, 2.75) is 137 Å². The topological polar surface area (TPSA) is 255 Å². The van der Waals surface area contributed by atoms with Gasteiger partial charge in [0.05, 0.1) is 13.2 Å². The lowest BCUT2D eigenvalue weighted by molar-refractivity contribution is -0.656. The summed E-state index contributed by atoms with van der Waals surface area (Å²) in [5.41, 5.74) is -2.34. The fourth-order valence-corrected chi connectivity index (χ4v) is 6.07. The van der Waals surface area contributed by atoms with Gasteiger partial charge in [-0.25, -0.2) is 43.6 Å². The molecule has 2 atom stereocenters. The average Bonchev–Trinajstić information content (AvgIpc) is 3.60.